The third-order valence-corrected chi connectivity index (χ3v) is 5.95. The highest BCUT2D eigenvalue weighted by Gasteiger charge is 2.32. The number of carbonyl (C=O) groups is 2. The van der Waals surface area contributed by atoms with Crippen molar-refractivity contribution in [2.45, 2.75) is 11.8 Å². The van der Waals surface area contributed by atoms with Crippen LogP contribution in [0.15, 0.2) is 68.8 Å². The van der Waals surface area contributed by atoms with Gasteiger partial charge in [-0.1, -0.05) is 16.8 Å². The Bertz CT molecular complexity index is 1310. The summed E-state index contributed by atoms with van der Waals surface area (Å²) in [6, 6.07) is 10.0. The summed E-state index contributed by atoms with van der Waals surface area (Å²) in [5, 5.41) is 6.09. The van der Waals surface area contributed by atoms with Crippen molar-refractivity contribution in [2.75, 3.05) is 10.0 Å². The summed E-state index contributed by atoms with van der Waals surface area (Å²) in [6.45, 7) is 1.64. The van der Waals surface area contributed by atoms with Gasteiger partial charge in [0.05, 0.1) is 10.5 Å². The minimum Gasteiger partial charge on any atom is -0.360 e. The number of fused-ring (bicyclic) bond motifs is 1. The van der Waals surface area contributed by atoms with Gasteiger partial charge in [0.25, 0.3) is 10.0 Å². The maximum atomic E-state index is 12.7. The van der Waals surface area contributed by atoms with E-state index < -0.39 is 21.6 Å². The molecule has 2 heterocycles. The van der Waals surface area contributed by atoms with Crippen LogP contribution in [0.5, 0.6) is 0 Å². The number of rotatable bonds is 5. The van der Waals surface area contributed by atoms with Crippen LogP contribution in [0.2, 0.25) is 0 Å². The summed E-state index contributed by atoms with van der Waals surface area (Å²) >= 11 is 6.09. The Morgan fingerprint density at radius 3 is 2.47 bits per heavy atom. The highest BCUT2D eigenvalue weighted by molar-refractivity contribution is 7.92. The van der Waals surface area contributed by atoms with Crippen molar-refractivity contribution in [1.82, 2.24) is 10.1 Å². The summed E-state index contributed by atoms with van der Waals surface area (Å²) in [7, 11) is -3.89. The van der Waals surface area contributed by atoms with Crippen LogP contribution in [0.3, 0.4) is 0 Å². The minimum atomic E-state index is -3.89. The van der Waals surface area contributed by atoms with Crippen molar-refractivity contribution in [3.8, 4) is 0 Å². The summed E-state index contributed by atoms with van der Waals surface area (Å²) in [4.78, 5) is 28.9. The topological polar surface area (TPSA) is 131 Å². The van der Waals surface area contributed by atoms with Crippen LogP contribution in [-0.4, -0.2) is 30.1 Å². The number of Topliss-reactive ketones (excluding diaryl/α,β-unsaturated/α-hetero) is 2. The SMILES string of the molecule is Cc1cc(NS(=O)(=O)c2ccc(NC3=C(Cl)C(=O)c4ncccc4C3=O)cc2)no1. The van der Waals surface area contributed by atoms with Crippen LogP contribution in [0.25, 0.3) is 0 Å². The predicted molar refractivity (Wildman–Crippen MR) is 108 cm³/mol. The molecule has 0 bridgehead atoms. The van der Waals surface area contributed by atoms with Gasteiger partial charge in [-0.05, 0) is 43.3 Å². The van der Waals surface area contributed by atoms with E-state index in [4.69, 9.17) is 16.1 Å². The van der Waals surface area contributed by atoms with Crippen LogP contribution in [0, 0.1) is 6.92 Å². The molecule has 0 amide bonds. The molecule has 0 saturated carbocycles. The molecule has 2 aromatic heterocycles. The monoisotopic (exact) mass is 444 g/mol. The van der Waals surface area contributed by atoms with Gasteiger partial charge in [0.1, 0.15) is 22.2 Å². The van der Waals surface area contributed by atoms with Crippen molar-refractivity contribution < 1.29 is 22.5 Å². The molecule has 30 heavy (non-hydrogen) atoms. The number of sulfonamides is 1. The van der Waals surface area contributed by atoms with Gasteiger partial charge in [-0.3, -0.25) is 19.3 Å². The lowest BCUT2D eigenvalue weighted by Crippen LogP contribution is -2.25. The van der Waals surface area contributed by atoms with Crippen LogP contribution in [0.4, 0.5) is 11.5 Å². The summed E-state index contributed by atoms with van der Waals surface area (Å²) in [5.41, 5.74) is 0.399. The molecule has 0 atom stereocenters. The zero-order valence-corrected chi connectivity index (χ0v) is 16.9. The Labute approximate surface area is 175 Å². The third kappa shape index (κ3) is 3.58. The first-order chi connectivity index (χ1) is 14.3. The molecule has 9 nitrogen and oxygen atoms in total. The molecule has 0 radical (unpaired) electrons. The summed E-state index contributed by atoms with van der Waals surface area (Å²) in [5.74, 6) is -0.533. The number of carbonyl (C=O) groups excluding carboxylic acids is 2. The van der Waals surface area contributed by atoms with E-state index in [-0.39, 0.29) is 32.7 Å². The van der Waals surface area contributed by atoms with E-state index >= 15 is 0 Å². The second kappa shape index (κ2) is 7.39. The van der Waals surface area contributed by atoms with Crippen LogP contribution >= 0.6 is 11.6 Å². The molecule has 4 rings (SSSR count). The summed E-state index contributed by atoms with van der Waals surface area (Å²) in [6.07, 6.45) is 1.40. The first-order valence-electron chi connectivity index (χ1n) is 8.53. The minimum absolute atomic E-state index is 0.00587. The number of anilines is 2. The molecule has 11 heteroatoms. The molecule has 0 aliphatic heterocycles. The fraction of sp³-hybridized carbons (Fsp3) is 0.0526. The quantitative estimate of drug-likeness (QED) is 0.613. The van der Waals surface area contributed by atoms with Crippen LogP contribution < -0.4 is 10.0 Å². The van der Waals surface area contributed by atoms with Gasteiger partial charge >= 0.3 is 0 Å². The van der Waals surface area contributed by atoms with Gasteiger partial charge < -0.3 is 9.84 Å². The zero-order valence-electron chi connectivity index (χ0n) is 15.3. The Kier molecular flexibility index (Phi) is 4.88. The van der Waals surface area contributed by atoms with E-state index in [0.29, 0.717) is 11.4 Å². The van der Waals surface area contributed by atoms with E-state index in [1.165, 1.54) is 42.6 Å². The number of nitrogens with one attached hydrogen (secondary N) is 2. The van der Waals surface area contributed by atoms with Gasteiger partial charge in [0, 0.05) is 18.0 Å². The number of ketones is 2. The number of nitrogens with zero attached hydrogens (tertiary/aromatic N) is 2. The number of pyridine rings is 1. The third-order valence-electron chi connectivity index (χ3n) is 4.21. The van der Waals surface area contributed by atoms with Gasteiger partial charge in [-0.15, -0.1) is 0 Å². The van der Waals surface area contributed by atoms with E-state index in [0.717, 1.165) is 0 Å². The molecular formula is C19H13ClN4O5S. The Hall–Kier alpha value is -3.50. The highest BCUT2D eigenvalue weighted by atomic mass is 35.5. The van der Waals surface area contributed by atoms with Crippen LogP contribution in [-0.2, 0) is 10.0 Å². The normalized spacial score (nSPS) is 13.9. The first-order valence-corrected chi connectivity index (χ1v) is 10.4. The van der Waals surface area contributed by atoms with E-state index in [9.17, 15) is 18.0 Å². The molecule has 1 aliphatic carbocycles. The number of benzene rings is 1. The number of aryl methyl sites for hydroxylation is 1. The van der Waals surface area contributed by atoms with E-state index in [2.05, 4.69) is 20.2 Å². The van der Waals surface area contributed by atoms with Crippen molar-refractivity contribution in [1.29, 1.82) is 0 Å². The molecule has 0 spiro atoms. The molecule has 0 saturated heterocycles. The van der Waals surface area contributed by atoms with Crippen molar-refractivity contribution >= 4 is 44.7 Å². The maximum Gasteiger partial charge on any atom is 0.263 e. The lowest BCUT2D eigenvalue weighted by Gasteiger charge is -2.18. The number of hydrogen-bond acceptors (Lipinski definition) is 8. The van der Waals surface area contributed by atoms with Crippen molar-refractivity contribution in [3.63, 3.8) is 0 Å². The first kappa shape index (κ1) is 19.8. The van der Waals surface area contributed by atoms with Crippen molar-refractivity contribution in [3.05, 3.63) is 76.4 Å². The van der Waals surface area contributed by atoms with Crippen LogP contribution in [0.1, 0.15) is 26.6 Å². The van der Waals surface area contributed by atoms with E-state index in [1.54, 1.807) is 13.0 Å². The average molecular weight is 445 g/mol. The highest BCUT2D eigenvalue weighted by Crippen LogP contribution is 2.28. The molecule has 2 N–H and O–H groups in total. The lowest BCUT2D eigenvalue weighted by molar-refractivity contribution is 0.0978. The van der Waals surface area contributed by atoms with Gasteiger partial charge in [0.2, 0.25) is 11.6 Å². The molecular weight excluding hydrogens is 432 g/mol. The number of aromatic nitrogens is 2. The van der Waals surface area contributed by atoms with Gasteiger partial charge in [-0.2, -0.15) is 0 Å². The molecule has 1 aromatic carbocycles. The van der Waals surface area contributed by atoms with Gasteiger partial charge in [-0.25, -0.2) is 8.42 Å². The van der Waals surface area contributed by atoms with E-state index in [1.807, 2.05) is 0 Å². The average Bonchev–Trinajstić information content (AvgIpc) is 3.13. The lowest BCUT2D eigenvalue weighted by atomic mass is 9.97. The predicted octanol–water partition coefficient (Wildman–Crippen LogP) is 3.12. The Morgan fingerprint density at radius 1 is 1.07 bits per heavy atom. The summed E-state index contributed by atoms with van der Waals surface area (Å²) < 4.78 is 32.0. The smallest absolute Gasteiger partial charge is 0.263 e. The number of hydrogen-bond donors (Lipinski definition) is 2. The Balaban J connectivity index is 1.57. The largest absolute Gasteiger partial charge is 0.360 e. The molecule has 1 aliphatic rings. The Morgan fingerprint density at radius 2 is 1.80 bits per heavy atom. The standard InChI is InChI=1S/C19H13ClN4O5S/c1-10-9-14(23-29-10)24-30(27,28)12-6-4-11(5-7-12)22-17-15(20)19(26)16-13(18(17)25)3-2-8-21-16/h2-9,22H,1H3,(H,23,24). The molecule has 0 fully saturated rings. The zero-order chi connectivity index (χ0) is 21.5. The number of halogens is 1. The molecule has 0 unspecified atom stereocenters. The maximum absolute atomic E-state index is 12.7. The van der Waals surface area contributed by atoms with Crippen molar-refractivity contribution in [2.24, 2.45) is 0 Å². The molecule has 152 valence electrons. The van der Waals surface area contributed by atoms with Gasteiger partial charge in [0.15, 0.2) is 5.82 Å². The fourth-order valence-corrected chi connectivity index (χ4v) is 4.01. The molecule has 3 aromatic rings. The fourth-order valence-electron chi connectivity index (χ4n) is 2.81. The second-order valence-corrected chi connectivity index (χ2v) is 8.38. The second-order valence-electron chi connectivity index (χ2n) is 6.32. The number of allylic oxidation sites excluding steroid dienone is 2.